The van der Waals surface area contributed by atoms with Gasteiger partial charge in [-0.05, 0) is 12.3 Å². The van der Waals surface area contributed by atoms with Crippen molar-refractivity contribution < 1.29 is 29.3 Å². The first-order valence-corrected chi connectivity index (χ1v) is 7.72. The molecule has 0 radical (unpaired) electrons. The minimum absolute atomic E-state index is 0.0701. The Hall–Kier alpha value is -2.38. The summed E-state index contributed by atoms with van der Waals surface area (Å²) in [5.41, 5.74) is 0. The molecule has 0 saturated carbocycles. The Morgan fingerprint density at radius 2 is 1.62 bits per heavy atom. The highest BCUT2D eigenvalue weighted by Crippen LogP contribution is 2.27. The van der Waals surface area contributed by atoms with Crippen LogP contribution in [0, 0.1) is 5.92 Å². The summed E-state index contributed by atoms with van der Waals surface area (Å²) in [5.74, 6) is -1.68. The van der Waals surface area contributed by atoms with Crippen molar-refractivity contribution in [2.45, 2.75) is 46.0 Å². The van der Waals surface area contributed by atoms with Crippen molar-refractivity contribution >= 4 is 11.9 Å². The predicted molar refractivity (Wildman–Crippen MR) is 87.5 cm³/mol. The third kappa shape index (κ3) is 7.26. The van der Waals surface area contributed by atoms with E-state index in [0.717, 1.165) is 12.8 Å². The molecule has 1 heterocycles. The van der Waals surface area contributed by atoms with Crippen LogP contribution in [0.1, 0.15) is 51.8 Å². The van der Waals surface area contributed by atoms with Gasteiger partial charge < -0.3 is 19.7 Å². The molecule has 1 aromatic heterocycles. The zero-order chi connectivity index (χ0) is 18.7. The standard InChI is InChI=1S/C12H18N2O4.C4H8O2/c1-5-7(2)10(12(15)16)11-13-8(17-3)6-9(14-11)18-4;1-2-3-4(5)6/h6-7,10H,5H2,1-4H3,(H,15,16);2-3H2,1H3,(H,5,6). The first-order valence-electron chi connectivity index (χ1n) is 7.72. The van der Waals surface area contributed by atoms with Gasteiger partial charge in [-0.2, -0.15) is 9.97 Å². The summed E-state index contributed by atoms with van der Waals surface area (Å²) in [7, 11) is 2.93. The topological polar surface area (TPSA) is 119 Å². The van der Waals surface area contributed by atoms with Crippen LogP contribution >= 0.6 is 0 Å². The summed E-state index contributed by atoms with van der Waals surface area (Å²) in [4.78, 5) is 29.1. The molecule has 136 valence electrons. The van der Waals surface area contributed by atoms with Gasteiger partial charge in [0.15, 0.2) is 5.82 Å². The van der Waals surface area contributed by atoms with Crippen LogP contribution in [0.4, 0.5) is 0 Å². The van der Waals surface area contributed by atoms with E-state index in [4.69, 9.17) is 14.6 Å². The number of ether oxygens (including phenoxy) is 2. The van der Waals surface area contributed by atoms with Gasteiger partial charge in [0.1, 0.15) is 5.92 Å². The maximum absolute atomic E-state index is 11.3. The molecule has 0 spiro atoms. The lowest BCUT2D eigenvalue weighted by Gasteiger charge is -2.18. The number of nitrogens with zero attached hydrogens (tertiary/aromatic N) is 2. The zero-order valence-electron chi connectivity index (χ0n) is 14.8. The minimum atomic E-state index is -0.945. The minimum Gasteiger partial charge on any atom is -0.481 e. The Labute approximate surface area is 141 Å². The molecule has 1 aromatic rings. The van der Waals surface area contributed by atoms with Crippen LogP contribution in [0.15, 0.2) is 6.07 Å². The molecule has 2 unspecified atom stereocenters. The smallest absolute Gasteiger partial charge is 0.314 e. The number of aromatic nitrogens is 2. The molecule has 0 amide bonds. The number of rotatable bonds is 8. The summed E-state index contributed by atoms with van der Waals surface area (Å²) >= 11 is 0. The number of carboxylic acid groups (broad SMARTS) is 2. The van der Waals surface area contributed by atoms with E-state index in [2.05, 4.69) is 9.97 Å². The molecule has 8 nitrogen and oxygen atoms in total. The molecule has 2 atom stereocenters. The molecule has 24 heavy (non-hydrogen) atoms. The van der Waals surface area contributed by atoms with Crippen molar-refractivity contribution in [1.82, 2.24) is 9.97 Å². The number of hydrogen-bond donors (Lipinski definition) is 2. The van der Waals surface area contributed by atoms with Crippen LogP contribution in [0.2, 0.25) is 0 Å². The van der Waals surface area contributed by atoms with Crippen molar-refractivity contribution in [1.29, 1.82) is 0 Å². The lowest BCUT2D eigenvalue weighted by Crippen LogP contribution is -2.22. The maximum atomic E-state index is 11.3. The Morgan fingerprint density at radius 3 is 1.88 bits per heavy atom. The fourth-order valence-corrected chi connectivity index (χ4v) is 1.83. The lowest BCUT2D eigenvalue weighted by molar-refractivity contribution is -0.140. The van der Waals surface area contributed by atoms with Gasteiger partial charge in [0.2, 0.25) is 11.8 Å². The lowest BCUT2D eigenvalue weighted by atomic mass is 9.91. The van der Waals surface area contributed by atoms with Crippen molar-refractivity contribution in [2.75, 3.05) is 14.2 Å². The second-order valence-corrected chi connectivity index (χ2v) is 5.16. The van der Waals surface area contributed by atoms with Crippen LogP contribution in [-0.4, -0.2) is 46.3 Å². The monoisotopic (exact) mass is 342 g/mol. The highest BCUT2D eigenvalue weighted by Gasteiger charge is 2.29. The number of carbonyl (C=O) groups is 2. The van der Waals surface area contributed by atoms with E-state index in [-0.39, 0.29) is 11.7 Å². The van der Waals surface area contributed by atoms with E-state index < -0.39 is 17.9 Å². The number of aliphatic carboxylic acids is 2. The van der Waals surface area contributed by atoms with Crippen LogP contribution in [0.3, 0.4) is 0 Å². The molecule has 1 rings (SSSR count). The van der Waals surface area contributed by atoms with Crippen LogP contribution < -0.4 is 9.47 Å². The summed E-state index contributed by atoms with van der Waals surface area (Å²) < 4.78 is 10.0. The largest absolute Gasteiger partial charge is 0.481 e. The number of hydrogen-bond acceptors (Lipinski definition) is 6. The van der Waals surface area contributed by atoms with Gasteiger partial charge in [0.25, 0.3) is 0 Å². The third-order valence-electron chi connectivity index (χ3n) is 3.34. The Bertz CT molecular complexity index is 513. The molecule has 0 aliphatic carbocycles. The fourth-order valence-electron chi connectivity index (χ4n) is 1.83. The molecular weight excluding hydrogens is 316 g/mol. The predicted octanol–water partition coefficient (Wildman–Crippen LogP) is 2.58. The third-order valence-corrected chi connectivity index (χ3v) is 3.34. The van der Waals surface area contributed by atoms with Crippen LogP contribution in [0.25, 0.3) is 0 Å². The molecule has 0 aromatic carbocycles. The second-order valence-electron chi connectivity index (χ2n) is 5.16. The van der Waals surface area contributed by atoms with Gasteiger partial charge in [-0.3, -0.25) is 9.59 Å². The van der Waals surface area contributed by atoms with Crippen molar-refractivity contribution in [3.8, 4) is 11.8 Å². The van der Waals surface area contributed by atoms with Gasteiger partial charge >= 0.3 is 11.9 Å². The van der Waals surface area contributed by atoms with E-state index in [1.54, 1.807) is 0 Å². The normalized spacial score (nSPS) is 12.4. The molecule has 0 aliphatic heterocycles. The van der Waals surface area contributed by atoms with E-state index in [0.29, 0.717) is 18.2 Å². The number of methoxy groups -OCH3 is 2. The van der Waals surface area contributed by atoms with Gasteiger partial charge in [-0.15, -0.1) is 0 Å². The Balaban J connectivity index is 0.000000754. The SMILES string of the molecule is CCC(C)C(C(=O)O)c1nc(OC)cc(OC)n1.CCCC(=O)O. The molecule has 0 aliphatic rings. The van der Waals surface area contributed by atoms with E-state index in [1.807, 2.05) is 20.8 Å². The number of carboxylic acids is 2. The summed E-state index contributed by atoms with van der Waals surface area (Å²) in [6, 6.07) is 1.51. The molecule has 0 bridgehead atoms. The highest BCUT2D eigenvalue weighted by molar-refractivity contribution is 5.75. The van der Waals surface area contributed by atoms with Crippen LogP contribution in [0.5, 0.6) is 11.8 Å². The first kappa shape index (κ1) is 21.6. The highest BCUT2D eigenvalue weighted by atomic mass is 16.5. The van der Waals surface area contributed by atoms with E-state index in [9.17, 15) is 14.7 Å². The average Bonchev–Trinajstić information content (AvgIpc) is 2.54. The zero-order valence-corrected chi connectivity index (χ0v) is 14.8. The summed E-state index contributed by atoms with van der Waals surface area (Å²) in [5, 5.41) is 17.2. The molecular formula is C16H26N2O6. The average molecular weight is 342 g/mol. The van der Waals surface area contributed by atoms with Gasteiger partial charge in [-0.1, -0.05) is 27.2 Å². The van der Waals surface area contributed by atoms with Crippen molar-refractivity contribution in [2.24, 2.45) is 5.92 Å². The molecule has 2 N–H and O–H groups in total. The quantitative estimate of drug-likeness (QED) is 0.740. The van der Waals surface area contributed by atoms with Crippen LogP contribution in [-0.2, 0) is 9.59 Å². The maximum Gasteiger partial charge on any atom is 0.314 e. The Morgan fingerprint density at radius 1 is 1.12 bits per heavy atom. The summed E-state index contributed by atoms with van der Waals surface area (Å²) in [6.07, 6.45) is 1.75. The van der Waals surface area contributed by atoms with E-state index >= 15 is 0 Å². The Kier molecular flexibility index (Phi) is 10.1. The van der Waals surface area contributed by atoms with Gasteiger partial charge in [0, 0.05) is 6.42 Å². The second kappa shape index (κ2) is 11.2. The van der Waals surface area contributed by atoms with E-state index in [1.165, 1.54) is 20.3 Å². The molecule has 8 heteroatoms. The molecule has 0 fully saturated rings. The van der Waals surface area contributed by atoms with Crippen molar-refractivity contribution in [3.63, 3.8) is 0 Å². The first-order chi connectivity index (χ1) is 11.3. The summed E-state index contributed by atoms with van der Waals surface area (Å²) in [6.45, 7) is 5.63. The fraction of sp³-hybridized carbons (Fsp3) is 0.625. The van der Waals surface area contributed by atoms with Crippen molar-refractivity contribution in [3.05, 3.63) is 11.9 Å². The van der Waals surface area contributed by atoms with Gasteiger partial charge in [-0.25, -0.2) is 0 Å². The molecule has 0 saturated heterocycles. The van der Waals surface area contributed by atoms with Gasteiger partial charge in [0.05, 0.1) is 20.3 Å².